The molecule has 4 nitrogen and oxygen atoms in total. The van der Waals surface area contributed by atoms with Crippen molar-refractivity contribution in [2.24, 2.45) is 0 Å². The number of benzene rings is 2. The minimum Gasteiger partial charge on any atom is -0.478 e. The lowest BCUT2D eigenvalue weighted by atomic mass is 10.2. The average Bonchev–Trinajstić information content (AvgIpc) is 2.59. The lowest BCUT2D eigenvalue weighted by Gasteiger charge is -1.87. The molecule has 0 spiro atoms. The maximum atomic E-state index is 10.1. The number of hydrogen-bond donors (Lipinski definition) is 2. The van der Waals surface area contributed by atoms with Crippen LogP contribution in [0.15, 0.2) is 85.0 Å². The van der Waals surface area contributed by atoms with Crippen molar-refractivity contribution in [1.29, 1.82) is 0 Å². The molecule has 0 radical (unpaired) electrons. The zero-order chi connectivity index (χ0) is 17.6. The summed E-state index contributed by atoms with van der Waals surface area (Å²) in [6.07, 6.45) is 8.81. The van der Waals surface area contributed by atoms with Gasteiger partial charge in [0.1, 0.15) is 0 Å². The summed E-state index contributed by atoms with van der Waals surface area (Å²) in [6, 6.07) is 19.0. The van der Waals surface area contributed by atoms with E-state index >= 15 is 0 Å². The number of rotatable bonds is 5. The third-order valence-electron chi connectivity index (χ3n) is 2.66. The van der Waals surface area contributed by atoms with Gasteiger partial charge < -0.3 is 10.2 Å². The molecular weight excluding hydrogens is 304 g/mol. The Morgan fingerprint density at radius 3 is 1.54 bits per heavy atom. The molecule has 4 heteroatoms. The van der Waals surface area contributed by atoms with Gasteiger partial charge in [-0.1, -0.05) is 78.9 Å². The van der Waals surface area contributed by atoms with Crippen molar-refractivity contribution in [2.45, 2.75) is 0 Å². The van der Waals surface area contributed by atoms with E-state index in [9.17, 15) is 9.59 Å². The Balaban J connectivity index is 0.000000243. The van der Waals surface area contributed by atoms with Gasteiger partial charge in [0.05, 0.1) is 0 Å². The van der Waals surface area contributed by atoms with Crippen molar-refractivity contribution in [3.8, 4) is 0 Å². The number of carboxylic acids is 2. The summed E-state index contributed by atoms with van der Waals surface area (Å²) >= 11 is 0. The van der Waals surface area contributed by atoms with Crippen LogP contribution in [0.4, 0.5) is 0 Å². The SMILES string of the molecule is O=C(O)C=CC=Cc1ccccc1.O=C(O)C=Cc1ccccc1. The highest BCUT2D eigenvalue weighted by Crippen LogP contribution is 2.01. The second kappa shape index (κ2) is 11.2. The molecule has 0 aliphatic carbocycles. The van der Waals surface area contributed by atoms with Crippen LogP contribution in [0.3, 0.4) is 0 Å². The van der Waals surface area contributed by atoms with Gasteiger partial charge in [-0.3, -0.25) is 0 Å². The zero-order valence-electron chi connectivity index (χ0n) is 12.9. The summed E-state index contributed by atoms with van der Waals surface area (Å²) < 4.78 is 0. The molecule has 2 rings (SSSR count). The van der Waals surface area contributed by atoms with E-state index in [2.05, 4.69) is 0 Å². The van der Waals surface area contributed by atoms with Crippen LogP contribution < -0.4 is 0 Å². The zero-order valence-corrected chi connectivity index (χ0v) is 12.9. The summed E-state index contributed by atoms with van der Waals surface area (Å²) in [6.45, 7) is 0. The molecule has 2 aromatic rings. The molecule has 0 aromatic heterocycles. The molecule has 0 saturated heterocycles. The van der Waals surface area contributed by atoms with E-state index in [4.69, 9.17) is 10.2 Å². The first-order chi connectivity index (χ1) is 11.6. The van der Waals surface area contributed by atoms with Gasteiger partial charge in [0.2, 0.25) is 0 Å². The second-order valence-electron chi connectivity index (χ2n) is 4.55. The van der Waals surface area contributed by atoms with Gasteiger partial charge in [-0.05, 0) is 17.2 Å². The number of carbonyl (C=O) groups is 2. The molecule has 0 amide bonds. The molecule has 0 bridgehead atoms. The van der Waals surface area contributed by atoms with Crippen LogP contribution in [0.5, 0.6) is 0 Å². The van der Waals surface area contributed by atoms with Gasteiger partial charge in [-0.15, -0.1) is 0 Å². The number of carboxylic acid groups (broad SMARTS) is 2. The van der Waals surface area contributed by atoms with Gasteiger partial charge in [0.25, 0.3) is 0 Å². The molecule has 2 N–H and O–H groups in total. The molecule has 0 saturated carbocycles. The lowest BCUT2D eigenvalue weighted by Crippen LogP contribution is -1.85. The van der Waals surface area contributed by atoms with Crippen LogP contribution >= 0.6 is 0 Å². The fourth-order valence-electron chi connectivity index (χ4n) is 1.60. The lowest BCUT2D eigenvalue weighted by molar-refractivity contribution is -0.132. The van der Waals surface area contributed by atoms with E-state index in [0.717, 1.165) is 23.3 Å². The summed E-state index contributed by atoms with van der Waals surface area (Å²) in [5, 5.41) is 16.6. The largest absolute Gasteiger partial charge is 0.478 e. The molecule has 0 fully saturated rings. The summed E-state index contributed by atoms with van der Waals surface area (Å²) in [5.74, 6) is -1.86. The Kier molecular flexibility index (Phi) is 8.71. The maximum absolute atomic E-state index is 10.1. The van der Waals surface area contributed by atoms with Crippen molar-refractivity contribution >= 4 is 24.1 Å². The maximum Gasteiger partial charge on any atom is 0.328 e. The molecule has 0 aliphatic rings. The van der Waals surface area contributed by atoms with E-state index in [-0.39, 0.29) is 0 Å². The molecule has 0 unspecified atom stereocenters. The smallest absolute Gasteiger partial charge is 0.328 e. The van der Waals surface area contributed by atoms with Crippen LogP contribution in [0.2, 0.25) is 0 Å². The van der Waals surface area contributed by atoms with E-state index in [1.165, 1.54) is 6.08 Å². The highest BCUT2D eigenvalue weighted by Gasteiger charge is 1.86. The highest BCUT2D eigenvalue weighted by molar-refractivity contribution is 5.85. The minimum absolute atomic E-state index is 0.898. The predicted molar refractivity (Wildman–Crippen MR) is 95.4 cm³/mol. The topological polar surface area (TPSA) is 74.6 Å². The van der Waals surface area contributed by atoms with Crippen LogP contribution in [0.25, 0.3) is 12.2 Å². The van der Waals surface area contributed by atoms with Crippen molar-refractivity contribution in [1.82, 2.24) is 0 Å². The van der Waals surface area contributed by atoms with Crippen molar-refractivity contribution in [2.75, 3.05) is 0 Å². The van der Waals surface area contributed by atoms with E-state index in [0.29, 0.717) is 0 Å². The quantitative estimate of drug-likeness (QED) is 0.641. The second-order valence-corrected chi connectivity index (χ2v) is 4.55. The van der Waals surface area contributed by atoms with Crippen LogP contribution in [0, 0.1) is 0 Å². The fourth-order valence-corrected chi connectivity index (χ4v) is 1.60. The minimum atomic E-state index is -0.933. The first-order valence-electron chi connectivity index (χ1n) is 7.16. The summed E-state index contributed by atoms with van der Waals surface area (Å²) in [4.78, 5) is 20.2. The van der Waals surface area contributed by atoms with E-state index in [1.807, 2.05) is 66.7 Å². The van der Waals surface area contributed by atoms with Crippen LogP contribution in [-0.4, -0.2) is 22.2 Å². The Hall–Kier alpha value is -3.40. The van der Waals surface area contributed by atoms with Crippen molar-refractivity contribution in [3.63, 3.8) is 0 Å². The van der Waals surface area contributed by atoms with Crippen LogP contribution in [-0.2, 0) is 9.59 Å². The molecule has 0 aliphatic heterocycles. The molecule has 24 heavy (non-hydrogen) atoms. The van der Waals surface area contributed by atoms with E-state index in [1.54, 1.807) is 12.2 Å². The van der Waals surface area contributed by atoms with Crippen molar-refractivity contribution < 1.29 is 19.8 Å². The van der Waals surface area contributed by atoms with Gasteiger partial charge in [-0.25, -0.2) is 9.59 Å². The average molecular weight is 322 g/mol. The molecule has 0 atom stereocenters. The summed E-state index contributed by atoms with van der Waals surface area (Å²) in [7, 11) is 0. The Bertz CT molecular complexity index is 714. The number of allylic oxidation sites excluding steroid dienone is 2. The molecule has 2 aromatic carbocycles. The van der Waals surface area contributed by atoms with Gasteiger partial charge in [-0.2, -0.15) is 0 Å². The fraction of sp³-hybridized carbons (Fsp3) is 0. The molecule has 0 heterocycles. The first kappa shape index (κ1) is 18.6. The standard InChI is InChI=1S/C11H10O2.C9H8O2/c12-11(13)9-5-4-8-10-6-2-1-3-7-10;10-9(11)7-6-8-4-2-1-3-5-8/h1-9H,(H,12,13);1-7H,(H,10,11). The predicted octanol–water partition coefficient (Wildman–Crippen LogP) is 4.13. The Morgan fingerprint density at radius 1 is 0.625 bits per heavy atom. The van der Waals surface area contributed by atoms with Gasteiger partial charge in [0, 0.05) is 12.2 Å². The van der Waals surface area contributed by atoms with E-state index < -0.39 is 11.9 Å². The first-order valence-corrected chi connectivity index (χ1v) is 7.16. The molecule has 122 valence electrons. The third kappa shape index (κ3) is 9.52. The van der Waals surface area contributed by atoms with Crippen LogP contribution in [0.1, 0.15) is 11.1 Å². The highest BCUT2D eigenvalue weighted by atomic mass is 16.4. The Morgan fingerprint density at radius 2 is 1.08 bits per heavy atom. The normalized spacial score (nSPS) is 10.7. The monoisotopic (exact) mass is 322 g/mol. The van der Waals surface area contributed by atoms with Gasteiger partial charge >= 0.3 is 11.9 Å². The summed E-state index contributed by atoms with van der Waals surface area (Å²) in [5.41, 5.74) is 1.95. The number of aliphatic carboxylic acids is 2. The number of hydrogen-bond acceptors (Lipinski definition) is 2. The van der Waals surface area contributed by atoms with Crippen molar-refractivity contribution in [3.05, 3.63) is 96.1 Å². The van der Waals surface area contributed by atoms with Gasteiger partial charge in [0.15, 0.2) is 0 Å². The third-order valence-corrected chi connectivity index (χ3v) is 2.66. The molecular formula is C20H18O4. The Labute approximate surface area is 140 Å².